The van der Waals surface area contributed by atoms with E-state index in [1.165, 1.54) is 37.0 Å². The molecular weight excluding hydrogens is 368 g/mol. The van der Waals surface area contributed by atoms with Crippen molar-refractivity contribution in [2.24, 2.45) is 17.8 Å². The minimum absolute atomic E-state index is 0.0193. The van der Waals surface area contributed by atoms with Crippen molar-refractivity contribution in [2.45, 2.75) is 38.6 Å². The highest BCUT2D eigenvalue weighted by atomic mass is 35.5. The minimum atomic E-state index is -0.293. The molecule has 2 aliphatic rings. The van der Waals surface area contributed by atoms with Gasteiger partial charge in [-0.15, -0.1) is 11.3 Å². The molecule has 2 aliphatic carbocycles. The molecule has 1 aromatic heterocycles. The summed E-state index contributed by atoms with van der Waals surface area (Å²) in [5.41, 5.74) is 0. The minimum Gasteiger partial charge on any atom is -0.352 e. The van der Waals surface area contributed by atoms with Gasteiger partial charge < -0.3 is 10.6 Å². The number of amides is 2. The Hall–Kier alpha value is -1.59. The van der Waals surface area contributed by atoms with E-state index in [1.807, 2.05) is 24.3 Å². The number of fused-ring (bicyclic) bond motifs is 3. The molecule has 1 aromatic carbocycles. The molecule has 6 heteroatoms. The number of carbonyl (C=O) groups excluding carboxylic acids is 2. The maximum absolute atomic E-state index is 12.4. The summed E-state index contributed by atoms with van der Waals surface area (Å²) < 4.78 is 0.969. The maximum atomic E-state index is 12.4. The lowest BCUT2D eigenvalue weighted by molar-refractivity contribution is -0.121. The second-order valence-electron chi connectivity index (χ2n) is 7.62. The normalized spacial score (nSPS) is 25.4. The molecule has 0 saturated heterocycles. The summed E-state index contributed by atoms with van der Waals surface area (Å²) in [6, 6.07) is 7.82. The lowest BCUT2D eigenvalue weighted by Gasteiger charge is -2.28. The third-order valence-electron chi connectivity index (χ3n) is 5.97. The molecule has 138 valence electrons. The first-order valence-corrected chi connectivity index (χ1v) is 10.5. The molecule has 4 atom stereocenters. The Balaban J connectivity index is 1.32. The van der Waals surface area contributed by atoms with Crippen LogP contribution in [0.3, 0.4) is 0 Å². The maximum Gasteiger partial charge on any atom is 0.263 e. The van der Waals surface area contributed by atoms with Crippen molar-refractivity contribution in [3.8, 4) is 0 Å². The van der Waals surface area contributed by atoms with Crippen molar-refractivity contribution in [3.63, 3.8) is 0 Å². The molecule has 0 radical (unpaired) electrons. The Morgan fingerprint density at radius 3 is 2.77 bits per heavy atom. The van der Waals surface area contributed by atoms with Crippen LogP contribution in [-0.4, -0.2) is 24.4 Å². The van der Waals surface area contributed by atoms with Crippen molar-refractivity contribution in [1.29, 1.82) is 0 Å². The van der Waals surface area contributed by atoms with Gasteiger partial charge >= 0.3 is 0 Å². The number of hydrogen-bond donors (Lipinski definition) is 2. The SMILES string of the molecule is C[C@H](NC(=O)CNC(=O)c1sc2ccccc2c1Cl)[C@@H]1C[C@H]2CC[C@H]1C2. The lowest BCUT2D eigenvalue weighted by Crippen LogP contribution is -2.44. The van der Waals surface area contributed by atoms with E-state index >= 15 is 0 Å². The average molecular weight is 391 g/mol. The van der Waals surface area contributed by atoms with Gasteiger partial charge in [0.2, 0.25) is 5.91 Å². The highest BCUT2D eigenvalue weighted by Crippen LogP contribution is 2.49. The summed E-state index contributed by atoms with van der Waals surface area (Å²) >= 11 is 7.67. The van der Waals surface area contributed by atoms with E-state index in [2.05, 4.69) is 17.6 Å². The third kappa shape index (κ3) is 3.35. The Morgan fingerprint density at radius 1 is 1.27 bits per heavy atom. The summed E-state index contributed by atoms with van der Waals surface area (Å²) in [6.07, 6.45) is 5.21. The van der Waals surface area contributed by atoms with Crippen LogP contribution in [-0.2, 0) is 4.79 Å². The van der Waals surface area contributed by atoms with Crippen molar-refractivity contribution in [1.82, 2.24) is 10.6 Å². The van der Waals surface area contributed by atoms with Gasteiger partial charge in [0.15, 0.2) is 0 Å². The van der Waals surface area contributed by atoms with Crippen LogP contribution < -0.4 is 10.6 Å². The number of benzene rings is 1. The van der Waals surface area contributed by atoms with Crippen LogP contribution in [0.1, 0.15) is 42.3 Å². The van der Waals surface area contributed by atoms with Gasteiger partial charge in [-0.05, 0) is 50.0 Å². The summed E-state index contributed by atoms with van der Waals surface area (Å²) in [7, 11) is 0. The Kier molecular flexibility index (Phi) is 4.93. The first-order valence-electron chi connectivity index (χ1n) is 9.27. The summed E-state index contributed by atoms with van der Waals surface area (Å²) in [5.74, 6) is 1.79. The Morgan fingerprint density at radius 2 is 2.08 bits per heavy atom. The molecule has 1 heterocycles. The summed E-state index contributed by atoms with van der Waals surface area (Å²) in [4.78, 5) is 25.1. The molecule has 0 spiro atoms. The second-order valence-corrected chi connectivity index (χ2v) is 9.05. The van der Waals surface area contributed by atoms with Crippen LogP contribution in [0.15, 0.2) is 24.3 Å². The molecule has 26 heavy (non-hydrogen) atoms. The Labute approximate surface area is 162 Å². The summed E-state index contributed by atoms with van der Waals surface area (Å²) in [6.45, 7) is 2.07. The van der Waals surface area contributed by atoms with E-state index < -0.39 is 0 Å². The predicted molar refractivity (Wildman–Crippen MR) is 106 cm³/mol. The zero-order valence-electron chi connectivity index (χ0n) is 14.8. The van der Waals surface area contributed by atoms with E-state index in [0.29, 0.717) is 15.8 Å². The topological polar surface area (TPSA) is 58.2 Å². The van der Waals surface area contributed by atoms with Crippen LogP contribution in [0, 0.1) is 17.8 Å². The first kappa shape index (κ1) is 17.8. The van der Waals surface area contributed by atoms with E-state index in [0.717, 1.165) is 21.9 Å². The quantitative estimate of drug-likeness (QED) is 0.802. The number of hydrogen-bond acceptors (Lipinski definition) is 3. The second kappa shape index (κ2) is 7.20. The van der Waals surface area contributed by atoms with Crippen molar-refractivity contribution >= 4 is 44.8 Å². The highest BCUT2D eigenvalue weighted by Gasteiger charge is 2.42. The molecule has 2 amide bonds. The van der Waals surface area contributed by atoms with Gasteiger partial charge in [0, 0.05) is 16.1 Å². The zero-order valence-corrected chi connectivity index (χ0v) is 16.3. The van der Waals surface area contributed by atoms with E-state index in [1.54, 1.807) is 0 Å². The number of rotatable bonds is 5. The van der Waals surface area contributed by atoms with Crippen molar-refractivity contribution in [3.05, 3.63) is 34.2 Å². The molecule has 2 bridgehead atoms. The average Bonchev–Trinajstić information content (AvgIpc) is 3.34. The molecule has 2 fully saturated rings. The van der Waals surface area contributed by atoms with E-state index in [-0.39, 0.29) is 24.4 Å². The van der Waals surface area contributed by atoms with E-state index in [9.17, 15) is 9.59 Å². The van der Waals surface area contributed by atoms with Crippen molar-refractivity contribution in [2.75, 3.05) is 6.54 Å². The van der Waals surface area contributed by atoms with Crippen LogP contribution >= 0.6 is 22.9 Å². The van der Waals surface area contributed by atoms with Crippen LogP contribution in [0.5, 0.6) is 0 Å². The molecule has 4 rings (SSSR count). The fourth-order valence-electron chi connectivity index (χ4n) is 4.72. The van der Waals surface area contributed by atoms with Crippen LogP contribution in [0.4, 0.5) is 0 Å². The smallest absolute Gasteiger partial charge is 0.263 e. The van der Waals surface area contributed by atoms with Gasteiger partial charge in [0.05, 0.1) is 11.6 Å². The number of thiophene rings is 1. The van der Waals surface area contributed by atoms with Gasteiger partial charge in [0.25, 0.3) is 5.91 Å². The van der Waals surface area contributed by atoms with Gasteiger partial charge in [-0.1, -0.05) is 36.2 Å². The Bertz CT molecular complexity index is 849. The van der Waals surface area contributed by atoms with Gasteiger partial charge in [-0.2, -0.15) is 0 Å². The van der Waals surface area contributed by atoms with Crippen LogP contribution in [0.25, 0.3) is 10.1 Å². The fourth-order valence-corrected chi connectivity index (χ4v) is 6.15. The molecule has 0 aliphatic heterocycles. The monoisotopic (exact) mass is 390 g/mol. The third-order valence-corrected chi connectivity index (χ3v) is 7.65. The lowest BCUT2D eigenvalue weighted by atomic mass is 9.84. The molecule has 2 aromatic rings. The largest absolute Gasteiger partial charge is 0.352 e. The molecular formula is C20H23ClN2O2S. The molecule has 4 nitrogen and oxygen atoms in total. The van der Waals surface area contributed by atoms with E-state index in [4.69, 9.17) is 11.6 Å². The van der Waals surface area contributed by atoms with Gasteiger partial charge in [-0.3, -0.25) is 9.59 Å². The summed E-state index contributed by atoms with van der Waals surface area (Å²) in [5, 5.41) is 7.11. The number of halogens is 1. The zero-order chi connectivity index (χ0) is 18.3. The number of carbonyl (C=O) groups is 2. The van der Waals surface area contributed by atoms with Crippen molar-refractivity contribution < 1.29 is 9.59 Å². The number of nitrogens with one attached hydrogen (secondary N) is 2. The highest BCUT2D eigenvalue weighted by molar-refractivity contribution is 7.21. The van der Waals surface area contributed by atoms with Gasteiger partial charge in [0.1, 0.15) is 4.88 Å². The standard InChI is InChI=1S/C20H23ClN2O2S/c1-11(15-9-12-6-7-13(15)8-12)23-17(24)10-22-20(25)19-18(21)14-4-2-3-5-16(14)26-19/h2-5,11-13,15H,6-10H2,1H3,(H,22,25)(H,23,24)/t11-,12-,13-,15-/m0/s1. The predicted octanol–water partition coefficient (Wildman–Crippen LogP) is 4.23. The van der Waals surface area contributed by atoms with Crippen LogP contribution in [0.2, 0.25) is 5.02 Å². The molecule has 0 unspecified atom stereocenters. The fraction of sp³-hybridized carbons (Fsp3) is 0.500. The molecule has 2 saturated carbocycles. The first-order chi connectivity index (χ1) is 12.5. The van der Waals surface area contributed by atoms with Gasteiger partial charge in [-0.25, -0.2) is 0 Å². The molecule has 2 N–H and O–H groups in total.